The van der Waals surface area contributed by atoms with Gasteiger partial charge in [0.25, 0.3) is 0 Å². The lowest BCUT2D eigenvalue weighted by molar-refractivity contribution is 0.185. The molecule has 4 rings (SSSR count). The van der Waals surface area contributed by atoms with E-state index in [2.05, 4.69) is 15.3 Å². The number of pyridine rings is 1. The average molecular weight is 423 g/mol. The Kier molecular flexibility index (Phi) is 5.35. The largest absolute Gasteiger partial charge is 0.465 e. The lowest BCUT2D eigenvalue weighted by atomic mass is 9.86. The first-order valence-electron chi connectivity index (χ1n) is 9.35. The van der Waals surface area contributed by atoms with Crippen molar-refractivity contribution >= 4 is 27.5 Å². The zero-order valence-corrected chi connectivity index (χ0v) is 16.9. The molecule has 2 fully saturated rings. The van der Waals surface area contributed by atoms with Crippen molar-refractivity contribution in [3.8, 4) is 10.4 Å². The molecule has 8 nitrogen and oxygen atoms in total. The van der Waals surface area contributed by atoms with Gasteiger partial charge in [-0.15, -0.1) is 11.3 Å². The number of amides is 1. The first kappa shape index (κ1) is 19.3. The number of carboxylic acid groups (broad SMARTS) is 1. The highest BCUT2D eigenvalue weighted by Crippen LogP contribution is 2.39. The summed E-state index contributed by atoms with van der Waals surface area (Å²) in [6, 6.07) is 1.74. The van der Waals surface area contributed by atoms with Crippen molar-refractivity contribution in [3.05, 3.63) is 29.7 Å². The van der Waals surface area contributed by atoms with E-state index in [-0.39, 0.29) is 16.9 Å². The predicted octanol–water partition coefficient (Wildman–Crippen LogP) is 2.89. The molecule has 1 saturated heterocycles. The summed E-state index contributed by atoms with van der Waals surface area (Å²) in [5.41, 5.74) is 0.645. The molecule has 0 bridgehead atoms. The summed E-state index contributed by atoms with van der Waals surface area (Å²) in [7, 11) is -3.53. The first-order valence-corrected chi connectivity index (χ1v) is 11.6. The summed E-state index contributed by atoms with van der Waals surface area (Å²) < 4.78 is 27.2. The molecular weight excluding hydrogens is 400 g/mol. The minimum absolute atomic E-state index is 0.00153. The van der Waals surface area contributed by atoms with Crippen molar-refractivity contribution in [2.45, 2.75) is 49.0 Å². The molecular formula is C18H22N4O4S2. The van der Waals surface area contributed by atoms with E-state index >= 15 is 0 Å². The molecule has 2 aliphatic rings. The van der Waals surface area contributed by atoms with Crippen molar-refractivity contribution in [2.24, 2.45) is 0 Å². The lowest BCUT2D eigenvalue weighted by Gasteiger charge is -2.30. The van der Waals surface area contributed by atoms with Crippen molar-refractivity contribution < 1.29 is 18.3 Å². The summed E-state index contributed by atoms with van der Waals surface area (Å²) in [5.74, 6) is 0.280. The Morgan fingerprint density at radius 2 is 1.96 bits per heavy atom. The van der Waals surface area contributed by atoms with Crippen LogP contribution in [-0.2, 0) is 10.0 Å². The van der Waals surface area contributed by atoms with Gasteiger partial charge in [-0.05, 0) is 38.2 Å². The number of hydrogen-bond donors (Lipinski definition) is 2. The molecule has 1 aliphatic heterocycles. The van der Waals surface area contributed by atoms with Crippen LogP contribution in [0.25, 0.3) is 10.4 Å². The Balaban J connectivity index is 1.54. The standard InChI is InChI=1S/C18H22N4O4S2/c23-18(24)21-13-4-2-12(3-5-13)17-20-10-15(27-17)14-6-7-19-11-16(14)28(25,26)22-8-1-9-22/h6-7,10-13,21H,1-5,8-9H2,(H,23,24). The molecule has 0 radical (unpaired) electrons. The molecule has 0 spiro atoms. The zero-order chi connectivity index (χ0) is 19.7. The Hall–Kier alpha value is -2.04. The highest BCUT2D eigenvalue weighted by Gasteiger charge is 2.32. The molecule has 1 amide bonds. The van der Waals surface area contributed by atoms with Crippen LogP contribution in [0.5, 0.6) is 0 Å². The maximum Gasteiger partial charge on any atom is 0.404 e. The number of aromatic nitrogens is 2. The van der Waals surface area contributed by atoms with Gasteiger partial charge in [0.15, 0.2) is 0 Å². The topological polar surface area (TPSA) is 112 Å². The summed E-state index contributed by atoms with van der Waals surface area (Å²) in [6.07, 6.45) is 7.99. The molecule has 0 unspecified atom stereocenters. The Morgan fingerprint density at radius 1 is 1.21 bits per heavy atom. The van der Waals surface area contributed by atoms with Crippen LogP contribution in [-0.4, -0.2) is 53.0 Å². The van der Waals surface area contributed by atoms with E-state index < -0.39 is 16.1 Å². The predicted molar refractivity (Wildman–Crippen MR) is 105 cm³/mol. The summed E-state index contributed by atoms with van der Waals surface area (Å²) >= 11 is 1.52. The third-order valence-electron chi connectivity index (χ3n) is 5.41. The third kappa shape index (κ3) is 3.76. The number of rotatable bonds is 5. The highest BCUT2D eigenvalue weighted by atomic mass is 32.2. The SMILES string of the molecule is O=C(O)NC1CCC(c2ncc(-c3ccncc3S(=O)(=O)N3CCC3)s2)CC1. The van der Waals surface area contributed by atoms with Crippen molar-refractivity contribution in [1.82, 2.24) is 19.6 Å². The number of sulfonamides is 1. The normalized spacial score (nSPS) is 23.1. The van der Waals surface area contributed by atoms with Gasteiger partial charge in [-0.25, -0.2) is 18.2 Å². The second-order valence-corrected chi connectivity index (χ2v) is 10.2. The molecule has 28 heavy (non-hydrogen) atoms. The van der Waals surface area contributed by atoms with Crippen LogP contribution in [0, 0.1) is 0 Å². The summed E-state index contributed by atoms with van der Waals surface area (Å²) in [6.45, 7) is 1.11. The van der Waals surface area contributed by atoms with Crippen LogP contribution in [0.3, 0.4) is 0 Å². The van der Waals surface area contributed by atoms with Gasteiger partial charge in [-0.1, -0.05) is 0 Å². The summed E-state index contributed by atoms with van der Waals surface area (Å²) in [5, 5.41) is 12.4. The summed E-state index contributed by atoms with van der Waals surface area (Å²) in [4.78, 5) is 20.4. The van der Waals surface area contributed by atoms with Crippen molar-refractivity contribution in [3.63, 3.8) is 0 Å². The lowest BCUT2D eigenvalue weighted by Crippen LogP contribution is -2.42. The van der Waals surface area contributed by atoms with E-state index in [0.717, 1.165) is 42.0 Å². The van der Waals surface area contributed by atoms with Crippen LogP contribution in [0.4, 0.5) is 4.79 Å². The maximum atomic E-state index is 12.9. The number of hydrogen-bond acceptors (Lipinski definition) is 6. The van der Waals surface area contributed by atoms with Gasteiger partial charge >= 0.3 is 6.09 Å². The minimum atomic E-state index is -3.53. The zero-order valence-electron chi connectivity index (χ0n) is 15.2. The smallest absolute Gasteiger partial charge is 0.404 e. The number of nitrogens with one attached hydrogen (secondary N) is 1. The van der Waals surface area contributed by atoms with Gasteiger partial charge in [0.2, 0.25) is 10.0 Å². The Labute approximate surface area is 167 Å². The number of thiazole rings is 1. The maximum absolute atomic E-state index is 12.9. The molecule has 2 aromatic heterocycles. The molecule has 1 aliphatic carbocycles. The fourth-order valence-corrected chi connectivity index (χ4v) is 6.57. The van der Waals surface area contributed by atoms with Gasteiger partial charge in [0, 0.05) is 49.2 Å². The fourth-order valence-electron chi connectivity index (χ4n) is 3.72. The molecule has 150 valence electrons. The van der Waals surface area contributed by atoms with Crippen LogP contribution >= 0.6 is 11.3 Å². The van der Waals surface area contributed by atoms with Crippen molar-refractivity contribution in [2.75, 3.05) is 13.1 Å². The van der Waals surface area contributed by atoms with Gasteiger partial charge in [-0.3, -0.25) is 4.98 Å². The average Bonchev–Trinajstić information content (AvgIpc) is 3.10. The third-order valence-corrected chi connectivity index (χ3v) is 8.53. The van der Waals surface area contributed by atoms with Crippen LogP contribution < -0.4 is 5.32 Å². The molecule has 2 N–H and O–H groups in total. The molecule has 2 aromatic rings. The van der Waals surface area contributed by atoms with E-state index in [9.17, 15) is 13.2 Å². The van der Waals surface area contributed by atoms with E-state index in [1.165, 1.54) is 21.8 Å². The number of nitrogens with zero attached hydrogens (tertiary/aromatic N) is 3. The quantitative estimate of drug-likeness (QED) is 0.766. The molecule has 3 heterocycles. The minimum Gasteiger partial charge on any atom is -0.465 e. The van der Waals surface area contributed by atoms with Crippen LogP contribution in [0.2, 0.25) is 0 Å². The van der Waals surface area contributed by atoms with Crippen LogP contribution in [0.15, 0.2) is 29.6 Å². The van der Waals surface area contributed by atoms with E-state index in [1.807, 2.05) is 0 Å². The van der Waals surface area contributed by atoms with E-state index in [0.29, 0.717) is 18.7 Å². The van der Waals surface area contributed by atoms with Gasteiger partial charge in [0.1, 0.15) is 4.90 Å². The van der Waals surface area contributed by atoms with Crippen molar-refractivity contribution in [1.29, 1.82) is 0 Å². The molecule has 0 atom stereocenters. The second-order valence-electron chi connectivity index (χ2n) is 7.19. The fraction of sp³-hybridized carbons (Fsp3) is 0.500. The first-order chi connectivity index (χ1) is 13.4. The van der Waals surface area contributed by atoms with Crippen LogP contribution in [0.1, 0.15) is 43.0 Å². The van der Waals surface area contributed by atoms with E-state index in [1.54, 1.807) is 18.5 Å². The Bertz CT molecular complexity index is 963. The van der Waals surface area contributed by atoms with Gasteiger partial charge < -0.3 is 10.4 Å². The number of carbonyl (C=O) groups is 1. The van der Waals surface area contributed by atoms with Gasteiger partial charge in [0.05, 0.1) is 9.88 Å². The van der Waals surface area contributed by atoms with E-state index in [4.69, 9.17) is 5.11 Å². The second kappa shape index (κ2) is 7.76. The molecule has 0 aromatic carbocycles. The Morgan fingerprint density at radius 3 is 2.61 bits per heavy atom. The van der Waals surface area contributed by atoms with Gasteiger partial charge in [-0.2, -0.15) is 4.31 Å². The molecule has 1 saturated carbocycles. The highest BCUT2D eigenvalue weighted by molar-refractivity contribution is 7.89. The molecule has 10 heteroatoms. The monoisotopic (exact) mass is 422 g/mol.